The van der Waals surface area contributed by atoms with Crippen LogP contribution in [0.15, 0.2) is 81.7 Å². The topological polar surface area (TPSA) is 76.5 Å². The van der Waals surface area contributed by atoms with Gasteiger partial charge in [0, 0.05) is 17.3 Å². The van der Waals surface area contributed by atoms with E-state index >= 15 is 0 Å². The molecule has 0 spiro atoms. The smallest absolute Gasteiger partial charge is 0.139 e. The molecule has 1 unspecified atom stereocenters. The molecule has 1 aliphatic rings. The molecule has 6 heteroatoms. The van der Waals surface area contributed by atoms with Gasteiger partial charge < -0.3 is 0 Å². The summed E-state index contributed by atoms with van der Waals surface area (Å²) < 4.78 is 4.97. The first kappa shape index (κ1) is 17.4. The van der Waals surface area contributed by atoms with Gasteiger partial charge in [0.05, 0.1) is 23.0 Å². The second kappa shape index (κ2) is 7.05. The Morgan fingerprint density at radius 2 is 1.69 bits per heavy atom. The predicted molar refractivity (Wildman–Crippen MR) is 113 cm³/mol. The third-order valence-electron chi connectivity index (χ3n) is 5.19. The molecule has 6 nitrogen and oxygen atoms in total. The van der Waals surface area contributed by atoms with Gasteiger partial charge in [-0.2, -0.15) is 10.2 Å². The third kappa shape index (κ3) is 3.02. The fourth-order valence-corrected chi connectivity index (χ4v) is 3.73. The summed E-state index contributed by atoms with van der Waals surface area (Å²) in [6.45, 7) is 4.25. The Balaban J connectivity index is 1.57. The number of rotatable bonds is 4. The first-order chi connectivity index (χ1) is 14.2. The first-order valence-corrected chi connectivity index (χ1v) is 9.60. The number of benzene rings is 2. The van der Waals surface area contributed by atoms with E-state index in [2.05, 4.69) is 57.5 Å². The molecule has 5 rings (SSSR count). The Labute approximate surface area is 168 Å². The standard InChI is InChI=1S/C23H19N5O/c1-14(2)21-20(17-9-6-10-19-23(17)28-29-27-19)22(26-25-21)16-11-12-18(24-13-16)15-7-4-3-5-8-15/h3-14,20H,1-2H3. The van der Waals surface area contributed by atoms with Crippen LogP contribution in [0, 0.1) is 5.92 Å². The molecule has 0 saturated heterocycles. The molecule has 0 aliphatic carbocycles. The van der Waals surface area contributed by atoms with Crippen LogP contribution in [0.2, 0.25) is 0 Å². The van der Waals surface area contributed by atoms with Crippen molar-refractivity contribution < 1.29 is 4.63 Å². The Hall–Kier alpha value is -3.67. The van der Waals surface area contributed by atoms with Gasteiger partial charge in [0.2, 0.25) is 0 Å². The largest absolute Gasteiger partial charge is 0.256 e. The lowest BCUT2D eigenvalue weighted by Gasteiger charge is -2.18. The van der Waals surface area contributed by atoms with Crippen molar-refractivity contribution in [2.75, 3.05) is 0 Å². The van der Waals surface area contributed by atoms with E-state index < -0.39 is 0 Å². The number of pyridine rings is 1. The normalized spacial score (nSPS) is 16.3. The zero-order valence-corrected chi connectivity index (χ0v) is 16.1. The van der Waals surface area contributed by atoms with Crippen molar-refractivity contribution in [2.24, 2.45) is 16.1 Å². The van der Waals surface area contributed by atoms with Crippen LogP contribution >= 0.6 is 0 Å². The molecular formula is C23H19N5O. The molecule has 4 aromatic rings. The van der Waals surface area contributed by atoms with Crippen molar-refractivity contribution in [1.82, 2.24) is 15.3 Å². The van der Waals surface area contributed by atoms with Crippen molar-refractivity contribution in [3.63, 3.8) is 0 Å². The minimum atomic E-state index is -0.102. The predicted octanol–water partition coefficient (Wildman–Crippen LogP) is 4.88. The van der Waals surface area contributed by atoms with Gasteiger partial charge in [-0.15, -0.1) is 0 Å². The van der Waals surface area contributed by atoms with Crippen molar-refractivity contribution >= 4 is 22.5 Å². The van der Waals surface area contributed by atoms with Gasteiger partial charge in [-0.05, 0) is 40.0 Å². The molecule has 0 radical (unpaired) electrons. The Bertz CT molecular complexity index is 1220. The second-order valence-corrected chi connectivity index (χ2v) is 7.38. The summed E-state index contributed by atoms with van der Waals surface area (Å²) >= 11 is 0. The number of nitrogens with zero attached hydrogens (tertiary/aromatic N) is 5. The van der Waals surface area contributed by atoms with Gasteiger partial charge in [0.1, 0.15) is 11.0 Å². The van der Waals surface area contributed by atoms with Crippen molar-refractivity contribution in [3.8, 4) is 11.3 Å². The molecule has 0 saturated carbocycles. The van der Waals surface area contributed by atoms with Crippen molar-refractivity contribution in [2.45, 2.75) is 19.8 Å². The SMILES string of the molecule is CC(C)C1=NN=C(c2ccc(-c3ccccc3)nc2)C1c1cccc2nonc12. The van der Waals surface area contributed by atoms with E-state index in [9.17, 15) is 0 Å². The molecule has 1 aliphatic heterocycles. The average molecular weight is 381 g/mol. The monoisotopic (exact) mass is 381 g/mol. The molecule has 1 atom stereocenters. The highest BCUT2D eigenvalue weighted by Gasteiger charge is 2.33. The van der Waals surface area contributed by atoms with Crippen LogP contribution in [0.5, 0.6) is 0 Å². The molecule has 2 aromatic carbocycles. The van der Waals surface area contributed by atoms with Gasteiger partial charge >= 0.3 is 0 Å². The minimum absolute atomic E-state index is 0.102. The molecule has 0 N–H and O–H groups in total. The van der Waals surface area contributed by atoms with E-state index in [4.69, 9.17) is 4.63 Å². The van der Waals surface area contributed by atoms with Crippen molar-refractivity contribution in [1.29, 1.82) is 0 Å². The summed E-state index contributed by atoms with van der Waals surface area (Å²) in [4.78, 5) is 4.67. The maximum atomic E-state index is 4.97. The zero-order chi connectivity index (χ0) is 19.8. The van der Waals surface area contributed by atoms with Crippen LogP contribution in [-0.4, -0.2) is 26.7 Å². The van der Waals surface area contributed by atoms with Crippen molar-refractivity contribution in [3.05, 3.63) is 78.0 Å². The fourth-order valence-electron chi connectivity index (χ4n) is 3.73. The highest BCUT2D eigenvalue weighted by molar-refractivity contribution is 6.23. The Morgan fingerprint density at radius 1 is 0.828 bits per heavy atom. The lowest BCUT2D eigenvalue weighted by molar-refractivity contribution is 0.315. The van der Waals surface area contributed by atoms with E-state index in [1.54, 1.807) is 0 Å². The number of hydrogen-bond acceptors (Lipinski definition) is 6. The summed E-state index contributed by atoms with van der Waals surface area (Å²) in [6, 6.07) is 20.1. The van der Waals surface area contributed by atoms with E-state index in [1.807, 2.05) is 48.7 Å². The highest BCUT2D eigenvalue weighted by atomic mass is 16.6. The van der Waals surface area contributed by atoms with Gasteiger partial charge in [-0.25, -0.2) is 4.63 Å². The average Bonchev–Trinajstić information content (AvgIpc) is 3.41. The van der Waals surface area contributed by atoms with Crippen LogP contribution in [0.3, 0.4) is 0 Å². The van der Waals surface area contributed by atoms with Gasteiger partial charge in [0.25, 0.3) is 0 Å². The van der Waals surface area contributed by atoms with E-state index in [0.717, 1.165) is 44.8 Å². The van der Waals surface area contributed by atoms with Gasteiger partial charge in [0.15, 0.2) is 0 Å². The lowest BCUT2D eigenvalue weighted by Crippen LogP contribution is -2.23. The van der Waals surface area contributed by atoms with Crippen LogP contribution in [-0.2, 0) is 0 Å². The molecule has 0 fully saturated rings. The summed E-state index contributed by atoms with van der Waals surface area (Å²) in [7, 11) is 0. The van der Waals surface area contributed by atoms with Gasteiger partial charge in [-0.3, -0.25) is 4.98 Å². The van der Waals surface area contributed by atoms with E-state index in [1.165, 1.54) is 0 Å². The van der Waals surface area contributed by atoms with Crippen LogP contribution in [0.1, 0.15) is 30.9 Å². The zero-order valence-electron chi connectivity index (χ0n) is 16.1. The first-order valence-electron chi connectivity index (χ1n) is 9.60. The molecular weight excluding hydrogens is 362 g/mol. The number of aromatic nitrogens is 3. The molecule has 3 heterocycles. The summed E-state index contributed by atoms with van der Waals surface area (Å²) in [5.74, 6) is 0.142. The molecule has 0 amide bonds. The minimum Gasteiger partial charge on any atom is -0.256 e. The third-order valence-corrected chi connectivity index (χ3v) is 5.19. The maximum absolute atomic E-state index is 4.97. The number of fused-ring (bicyclic) bond motifs is 1. The van der Waals surface area contributed by atoms with Crippen LogP contribution < -0.4 is 0 Å². The van der Waals surface area contributed by atoms with E-state index in [0.29, 0.717) is 0 Å². The highest BCUT2D eigenvalue weighted by Crippen LogP contribution is 2.34. The molecule has 29 heavy (non-hydrogen) atoms. The van der Waals surface area contributed by atoms with Crippen LogP contribution in [0.25, 0.3) is 22.3 Å². The summed E-state index contributed by atoms with van der Waals surface area (Å²) in [6.07, 6.45) is 1.87. The maximum Gasteiger partial charge on any atom is 0.139 e. The number of hydrogen-bond donors (Lipinski definition) is 0. The van der Waals surface area contributed by atoms with E-state index in [-0.39, 0.29) is 11.8 Å². The van der Waals surface area contributed by atoms with Gasteiger partial charge in [-0.1, -0.05) is 56.3 Å². The summed E-state index contributed by atoms with van der Waals surface area (Å²) in [5.41, 5.74) is 7.31. The lowest BCUT2D eigenvalue weighted by atomic mass is 9.82. The molecule has 142 valence electrons. The fraction of sp³-hybridized carbons (Fsp3) is 0.174. The Kier molecular flexibility index (Phi) is 4.24. The quantitative estimate of drug-likeness (QED) is 0.505. The molecule has 2 aromatic heterocycles. The second-order valence-electron chi connectivity index (χ2n) is 7.38. The Morgan fingerprint density at radius 3 is 2.45 bits per heavy atom. The van der Waals surface area contributed by atoms with Crippen LogP contribution in [0.4, 0.5) is 0 Å². The summed E-state index contributed by atoms with van der Waals surface area (Å²) in [5, 5.41) is 17.2. The molecule has 0 bridgehead atoms.